The number of rotatable bonds is 8. The molecule has 0 atom stereocenters. The highest BCUT2D eigenvalue weighted by Crippen LogP contribution is 2.12. The summed E-state index contributed by atoms with van der Waals surface area (Å²) in [5.74, 6) is -0.381. The van der Waals surface area contributed by atoms with Gasteiger partial charge in [-0.25, -0.2) is 12.8 Å². The lowest BCUT2D eigenvalue weighted by Crippen LogP contribution is -2.22. The van der Waals surface area contributed by atoms with Crippen LogP contribution in [-0.2, 0) is 14.6 Å². The standard InChI is InChI=1S/C12H18FNO3S/c1-17-9-8-14-7-2-10-18(15,16)12-5-3-11(13)4-6-12/h3-6,14H,2,7-10H2,1H3. The van der Waals surface area contributed by atoms with E-state index in [1.165, 1.54) is 12.1 Å². The van der Waals surface area contributed by atoms with Crippen LogP contribution < -0.4 is 5.32 Å². The molecule has 0 radical (unpaired) electrons. The van der Waals surface area contributed by atoms with Gasteiger partial charge in [0, 0.05) is 13.7 Å². The monoisotopic (exact) mass is 275 g/mol. The molecule has 0 fully saturated rings. The topological polar surface area (TPSA) is 55.4 Å². The Balaban J connectivity index is 2.38. The summed E-state index contributed by atoms with van der Waals surface area (Å²) in [5, 5.41) is 3.07. The summed E-state index contributed by atoms with van der Waals surface area (Å²) >= 11 is 0. The number of nitrogens with one attached hydrogen (secondary N) is 1. The van der Waals surface area contributed by atoms with E-state index in [1.807, 2.05) is 0 Å². The van der Waals surface area contributed by atoms with Crippen LogP contribution in [0, 0.1) is 5.82 Å². The predicted molar refractivity (Wildman–Crippen MR) is 67.8 cm³/mol. The minimum Gasteiger partial charge on any atom is -0.383 e. The summed E-state index contributed by atoms with van der Waals surface area (Å²) in [4.78, 5) is 0.167. The minimum absolute atomic E-state index is 0.0542. The molecule has 0 heterocycles. The number of sulfone groups is 1. The second-order valence-corrected chi connectivity index (χ2v) is 5.98. The van der Waals surface area contributed by atoms with Crippen LogP contribution in [-0.4, -0.2) is 41.0 Å². The molecule has 0 spiro atoms. The van der Waals surface area contributed by atoms with Crippen LogP contribution >= 0.6 is 0 Å². The first-order valence-corrected chi connectivity index (χ1v) is 7.39. The van der Waals surface area contributed by atoms with Crippen LogP contribution in [0.2, 0.25) is 0 Å². The molecule has 0 aliphatic rings. The van der Waals surface area contributed by atoms with Crippen molar-refractivity contribution in [1.82, 2.24) is 5.32 Å². The molecule has 0 bridgehead atoms. The van der Waals surface area contributed by atoms with Gasteiger partial charge in [0.05, 0.1) is 17.3 Å². The van der Waals surface area contributed by atoms with Gasteiger partial charge in [0.1, 0.15) is 5.82 Å². The Bertz CT molecular complexity index is 445. The third-order valence-corrected chi connectivity index (χ3v) is 4.24. The molecule has 0 aromatic heterocycles. The first-order chi connectivity index (χ1) is 8.56. The van der Waals surface area contributed by atoms with Gasteiger partial charge in [-0.05, 0) is 37.2 Å². The van der Waals surface area contributed by atoms with E-state index in [1.54, 1.807) is 7.11 Å². The van der Waals surface area contributed by atoms with E-state index in [0.717, 1.165) is 12.1 Å². The molecule has 1 aromatic carbocycles. The molecule has 18 heavy (non-hydrogen) atoms. The highest BCUT2D eigenvalue weighted by atomic mass is 32.2. The summed E-state index contributed by atoms with van der Waals surface area (Å²) in [7, 11) is -1.70. The zero-order valence-electron chi connectivity index (χ0n) is 10.4. The van der Waals surface area contributed by atoms with E-state index < -0.39 is 15.7 Å². The number of ether oxygens (including phenoxy) is 1. The summed E-state index contributed by atoms with van der Waals surface area (Å²) in [6, 6.07) is 4.90. The summed E-state index contributed by atoms with van der Waals surface area (Å²) in [6.07, 6.45) is 0.517. The van der Waals surface area contributed by atoms with Crippen LogP contribution in [0.3, 0.4) is 0 Å². The first-order valence-electron chi connectivity index (χ1n) is 5.74. The van der Waals surface area contributed by atoms with Crippen LogP contribution in [0.4, 0.5) is 4.39 Å². The van der Waals surface area contributed by atoms with Gasteiger partial charge in [-0.3, -0.25) is 0 Å². The van der Waals surface area contributed by atoms with Gasteiger partial charge >= 0.3 is 0 Å². The molecule has 0 unspecified atom stereocenters. The van der Waals surface area contributed by atoms with Gasteiger partial charge in [-0.15, -0.1) is 0 Å². The van der Waals surface area contributed by atoms with E-state index in [9.17, 15) is 12.8 Å². The maximum Gasteiger partial charge on any atom is 0.178 e. The summed E-state index contributed by atoms with van der Waals surface area (Å²) in [6.45, 7) is 1.92. The smallest absolute Gasteiger partial charge is 0.178 e. The molecular formula is C12H18FNO3S. The Labute approximate surface area is 107 Å². The fourth-order valence-corrected chi connectivity index (χ4v) is 2.76. The van der Waals surface area contributed by atoms with Gasteiger partial charge in [0.2, 0.25) is 0 Å². The minimum atomic E-state index is -3.31. The van der Waals surface area contributed by atoms with Crippen molar-refractivity contribution in [2.75, 3.05) is 32.6 Å². The molecule has 1 rings (SSSR count). The van der Waals surface area contributed by atoms with Crippen LogP contribution in [0.1, 0.15) is 6.42 Å². The molecule has 102 valence electrons. The predicted octanol–water partition coefficient (Wildman–Crippen LogP) is 1.23. The lowest BCUT2D eigenvalue weighted by Gasteiger charge is -2.05. The number of halogens is 1. The van der Waals surface area contributed by atoms with Crippen molar-refractivity contribution >= 4 is 9.84 Å². The number of hydrogen-bond acceptors (Lipinski definition) is 4. The first kappa shape index (κ1) is 15.1. The molecule has 0 saturated carbocycles. The molecule has 0 aliphatic carbocycles. The Kier molecular flexibility index (Phi) is 6.24. The highest BCUT2D eigenvalue weighted by molar-refractivity contribution is 7.91. The Morgan fingerprint density at radius 1 is 1.22 bits per heavy atom. The van der Waals surface area contributed by atoms with Crippen LogP contribution in [0.15, 0.2) is 29.2 Å². The maximum absolute atomic E-state index is 12.7. The van der Waals surface area contributed by atoms with Crippen molar-refractivity contribution in [3.8, 4) is 0 Å². The molecule has 0 amide bonds. The van der Waals surface area contributed by atoms with E-state index in [2.05, 4.69) is 5.32 Å². The van der Waals surface area contributed by atoms with Crippen molar-refractivity contribution in [3.63, 3.8) is 0 Å². The second-order valence-electron chi connectivity index (χ2n) is 3.87. The molecule has 0 saturated heterocycles. The second kappa shape index (κ2) is 7.45. The molecule has 0 aliphatic heterocycles. The van der Waals surface area contributed by atoms with Gasteiger partial charge in [-0.2, -0.15) is 0 Å². The van der Waals surface area contributed by atoms with E-state index in [0.29, 0.717) is 26.1 Å². The van der Waals surface area contributed by atoms with Crippen molar-refractivity contribution < 1.29 is 17.5 Å². The largest absolute Gasteiger partial charge is 0.383 e. The van der Waals surface area contributed by atoms with Gasteiger partial charge in [0.15, 0.2) is 9.84 Å². The fourth-order valence-electron chi connectivity index (χ4n) is 1.45. The molecular weight excluding hydrogens is 257 g/mol. The number of hydrogen-bond donors (Lipinski definition) is 1. The zero-order valence-corrected chi connectivity index (χ0v) is 11.2. The molecule has 6 heteroatoms. The van der Waals surface area contributed by atoms with Crippen molar-refractivity contribution in [1.29, 1.82) is 0 Å². The molecule has 4 nitrogen and oxygen atoms in total. The normalized spacial score (nSPS) is 11.7. The number of benzene rings is 1. The third-order valence-electron chi connectivity index (χ3n) is 2.42. The summed E-state index contributed by atoms with van der Waals surface area (Å²) < 4.78 is 41.3. The Morgan fingerprint density at radius 3 is 2.50 bits per heavy atom. The van der Waals surface area contributed by atoms with E-state index >= 15 is 0 Å². The van der Waals surface area contributed by atoms with Gasteiger partial charge in [0.25, 0.3) is 0 Å². The quantitative estimate of drug-likeness (QED) is 0.572. The summed E-state index contributed by atoms with van der Waals surface area (Å²) in [5.41, 5.74) is 0. The average Bonchev–Trinajstić information content (AvgIpc) is 2.34. The highest BCUT2D eigenvalue weighted by Gasteiger charge is 2.13. The van der Waals surface area contributed by atoms with Crippen molar-refractivity contribution in [2.45, 2.75) is 11.3 Å². The van der Waals surface area contributed by atoms with E-state index in [-0.39, 0.29) is 10.6 Å². The van der Waals surface area contributed by atoms with Crippen LogP contribution in [0.5, 0.6) is 0 Å². The van der Waals surface area contributed by atoms with E-state index in [4.69, 9.17) is 4.74 Å². The lowest BCUT2D eigenvalue weighted by atomic mass is 10.4. The lowest BCUT2D eigenvalue weighted by molar-refractivity contribution is 0.199. The van der Waals surface area contributed by atoms with Gasteiger partial charge in [-0.1, -0.05) is 0 Å². The molecule has 1 N–H and O–H groups in total. The average molecular weight is 275 g/mol. The Morgan fingerprint density at radius 2 is 1.89 bits per heavy atom. The third kappa shape index (κ3) is 5.12. The van der Waals surface area contributed by atoms with Crippen LogP contribution in [0.25, 0.3) is 0 Å². The maximum atomic E-state index is 12.7. The van der Waals surface area contributed by atoms with Crippen molar-refractivity contribution in [2.24, 2.45) is 0 Å². The SMILES string of the molecule is COCCNCCCS(=O)(=O)c1ccc(F)cc1. The molecule has 1 aromatic rings. The van der Waals surface area contributed by atoms with Crippen molar-refractivity contribution in [3.05, 3.63) is 30.1 Å². The Hall–Kier alpha value is -0.980. The zero-order chi connectivity index (χ0) is 13.4. The fraction of sp³-hybridized carbons (Fsp3) is 0.500. The van der Waals surface area contributed by atoms with Gasteiger partial charge < -0.3 is 10.1 Å². The number of methoxy groups -OCH3 is 1.